The molecule has 0 amide bonds. The maximum absolute atomic E-state index is 12.5. The molecule has 1 heterocycles. The smallest absolute Gasteiger partial charge is 0.307 e. The Balaban J connectivity index is 1.63. The average molecular weight is 372 g/mol. The predicted octanol–water partition coefficient (Wildman–Crippen LogP) is 4.13. The molecule has 1 aliphatic heterocycles. The summed E-state index contributed by atoms with van der Waals surface area (Å²) >= 11 is 5.84. The minimum absolute atomic E-state index is 0.0729. The van der Waals surface area contributed by atoms with E-state index in [0.29, 0.717) is 10.6 Å². The summed E-state index contributed by atoms with van der Waals surface area (Å²) in [6.45, 7) is 1.59. The molecule has 0 aliphatic carbocycles. The first-order valence-corrected chi connectivity index (χ1v) is 9.24. The summed E-state index contributed by atoms with van der Waals surface area (Å²) in [5.74, 6) is -0.421. The summed E-state index contributed by atoms with van der Waals surface area (Å²) in [4.78, 5) is 24.7. The Bertz CT molecular complexity index is 753. The van der Waals surface area contributed by atoms with E-state index in [9.17, 15) is 9.59 Å². The van der Waals surface area contributed by atoms with Crippen LogP contribution in [-0.2, 0) is 15.1 Å². The summed E-state index contributed by atoms with van der Waals surface area (Å²) in [6, 6.07) is 16.6. The second-order valence-corrected chi connectivity index (χ2v) is 6.95. The van der Waals surface area contributed by atoms with Gasteiger partial charge in [0.1, 0.15) is 5.60 Å². The Morgan fingerprint density at radius 1 is 0.962 bits per heavy atom. The summed E-state index contributed by atoms with van der Waals surface area (Å²) in [6.07, 6.45) is 1.66. The molecule has 0 bridgehead atoms. The fraction of sp³-hybridized carbons (Fsp3) is 0.333. The van der Waals surface area contributed by atoms with E-state index in [4.69, 9.17) is 16.3 Å². The number of ether oxygens (including phenoxy) is 1. The van der Waals surface area contributed by atoms with Gasteiger partial charge >= 0.3 is 5.97 Å². The van der Waals surface area contributed by atoms with Crippen molar-refractivity contribution in [1.82, 2.24) is 5.32 Å². The Kier molecular flexibility index (Phi) is 6.07. The number of hydrogen-bond donors (Lipinski definition) is 1. The monoisotopic (exact) mass is 371 g/mol. The van der Waals surface area contributed by atoms with Crippen molar-refractivity contribution in [3.05, 3.63) is 70.7 Å². The third kappa shape index (κ3) is 4.51. The van der Waals surface area contributed by atoms with Gasteiger partial charge < -0.3 is 10.1 Å². The minimum Gasteiger partial charge on any atom is -0.454 e. The molecule has 1 N–H and O–H groups in total. The highest BCUT2D eigenvalue weighted by Crippen LogP contribution is 2.35. The zero-order chi connectivity index (χ0) is 18.4. The van der Waals surface area contributed by atoms with Gasteiger partial charge in [0, 0.05) is 29.8 Å². The third-order valence-electron chi connectivity index (χ3n) is 4.74. The summed E-state index contributed by atoms with van der Waals surface area (Å²) in [7, 11) is 0. The molecular weight excluding hydrogens is 350 g/mol. The molecule has 2 aromatic carbocycles. The van der Waals surface area contributed by atoms with E-state index in [-0.39, 0.29) is 24.6 Å². The number of halogens is 1. The molecule has 0 unspecified atom stereocenters. The van der Waals surface area contributed by atoms with Crippen molar-refractivity contribution >= 4 is 23.4 Å². The van der Waals surface area contributed by atoms with Crippen molar-refractivity contribution in [3.63, 3.8) is 0 Å². The average Bonchev–Trinajstić information content (AvgIpc) is 2.68. The van der Waals surface area contributed by atoms with E-state index >= 15 is 0 Å². The number of benzene rings is 2. The zero-order valence-corrected chi connectivity index (χ0v) is 15.3. The van der Waals surface area contributed by atoms with Crippen LogP contribution in [0.1, 0.15) is 41.6 Å². The van der Waals surface area contributed by atoms with Crippen LogP contribution in [0, 0.1) is 0 Å². The molecule has 1 aliphatic rings. The zero-order valence-electron chi connectivity index (χ0n) is 14.5. The molecule has 0 aromatic heterocycles. The normalized spacial score (nSPS) is 16.0. The Morgan fingerprint density at radius 2 is 1.62 bits per heavy atom. The minimum atomic E-state index is -0.604. The number of ketones is 1. The van der Waals surface area contributed by atoms with E-state index < -0.39 is 5.60 Å². The van der Waals surface area contributed by atoms with Crippen LogP contribution < -0.4 is 5.32 Å². The lowest BCUT2D eigenvalue weighted by molar-refractivity contribution is -0.164. The molecule has 4 nitrogen and oxygen atoms in total. The molecule has 2 aromatic rings. The van der Waals surface area contributed by atoms with Gasteiger partial charge in [-0.2, -0.15) is 0 Å². The van der Waals surface area contributed by atoms with E-state index in [1.54, 1.807) is 24.3 Å². The molecule has 5 heteroatoms. The van der Waals surface area contributed by atoms with E-state index in [1.807, 2.05) is 30.3 Å². The number of carbonyl (C=O) groups is 2. The Labute approximate surface area is 158 Å². The topological polar surface area (TPSA) is 55.4 Å². The van der Waals surface area contributed by atoms with Gasteiger partial charge in [-0.05, 0) is 42.9 Å². The summed E-state index contributed by atoms with van der Waals surface area (Å²) < 4.78 is 5.92. The van der Waals surface area contributed by atoms with Crippen LogP contribution in [0.5, 0.6) is 0 Å². The van der Waals surface area contributed by atoms with E-state index in [1.165, 1.54) is 0 Å². The molecular formula is C21H22ClNO3. The van der Waals surface area contributed by atoms with Crippen molar-refractivity contribution in [2.24, 2.45) is 0 Å². The van der Waals surface area contributed by atoms with Gasteiger partial charge in [-0.15, -0.1) is 0 Å². The standard InChI is InChI=1S/C21H22ClNO3/c22-18-8-6-16(7-9-18)19(24)10-11-20(25)26-21(12-14-23-15-13-21)17-4-2-1-3-5-17/h1-9,23H,10-15H2. The van der Waals surface area contributed by atoms with Crippen LogP contribution in [-0.4, -0.2) is 24.8 Å². The van der Waals surface area contributed by atoms with Crippen molar-refractivity contribution in [1.29, 1.82) is 0 Å². The number of esters is 1. The van der Waals surface area contributed by atoms with Gasteiger partial charge in [0.25, 0.3) is 0 Å². The Hall–Kier alpha value is -2.17. The molecule has 136 valence electrons. The van der Waals surface area contributed by atoms with Gasteiger partial charge in [-0.25, -0.2) is 0 Å². The van der Waals surface area contributed by atoms with Crippen LogP contribution in [0.15, 0.2) is 54.6 Å². The highest BCUT2D eigenvalue weighted by atomic mass is 35.5. The second kappa shape index (κ2) is 8.47. The van der Waals surface area contributed by atoms with Gasteiger partial charge in [0.2, 0.25) is 0 Å². The number of rotatable bonds is 6. The van der Waals surface area contributed by atoms with E-state index in [0.717, 1.165) is 31.5 Å². The second-order valence-electron chi connectivity index (χ2n) is 6.51. The molecule has 1 saturated heterocycles. The highest BCUT2D eigenvalue weighted by Gasteiger charge is 2.37. The van der Waals surface area contributed by atoms with Crippen LogP contribution >= 0.6 is 11.6 Å². The fourth-order valence-electron chi connectivity index (χ4n) is 3.29. The predicted molar refractivity (Wildman–Crippen MR) is 101 cm³/mol. The van der Waals surface area contributed by atoms with E-state index in [2.05, 4.69) is 5.32 Å². The first-order chi connectivity index (χ1) is 12.6. The number of piperidine rings is 1. The Morgan fingerprint density at radius 3 is 2.27 bits per heavy atom. The molecule has 3 rings (SSSR count). The van der Waals surface area contributed by atoms with Gasteiger partial charge in [0.05, 0.1) is 6.42 Å². The quantitative estimate of drug-likeness (QED) is 0.613. The number of Topliss-reactive ketones (excluding diaryl/α,β-unsaturated/α-hetero) is 1. The van der Waals surface area contributed by atoms with Crippen LogP contribution in [0.4, 0.5) is 0 Å². The van der Waals surface area contributed by atoms with Crippen molar-refractivity contribution in [3.8, 4) is 0 Å². The van der Waals surface area contributed by atoms with Crippen molar-refractivity contribution in [2.45, 2.75) is 31.3 Å². The summed E-state index contributed by atoms with van der Waals surface area (Å²) in [5.41, 5.74) is 0.966. The number of hydrogen-bond acceptors (Lipinski definition) is 4. The first-order valence-electron chi connectivity index (χ1n) is 8.86. The lowest BCUT2D eigenvalue weighted by Crippen LogP contribution is -2.43. The van der Waals surface area contributed by atoms with Gasteiger partial charge in [0.15, 0.2) is 5.78 Å². The number of carbonyl (C=O) groups excluding carboxylic acids is 2. The van der Waals surface area contributed by atoms with Crippen LogP contribution in [0.2, 0.25) is 5.02 Å². The highest BCUT2D eigenvalue weighted by molar-refractivity contribution is 6.30. The first kappa shape index (κ1) is 18.6. The number of nitrogens with one attached hydrogen (secondary N) is 1. The SMILES string of the molecule is O=C(CCC(=O)c1ccc(Cl)cc1)OC1(c2ccccc2)CCNCC1. The molecule has 26 heavy (non-hydrogen) atoms. The van der Waals surface area contributed by atoms with Crippen LogP contribution in [0.25, 0.3) is 0 Å². The lowest BCUT2D eigenvalue weighted by atomic mass is 9.84. The summed E-state index contributed by atoms with van der Waals surface area (Å²) in [5, 5.41) is 3.88. The maximum Gasteiger partial charge on any atom is 0.307 e. The van der Waals surface area contributed by atoms with Crippen molar-refractivity contribution in [2.75, 3.05) is 13.1 Å². The lowest BCUT2D eigenvalue weighted by Gasteiger charge is -2.37. The molecule has 0 spiro atoms. The van der Waals surface area contributed by atoms with Gasteiger partial charge in [-0.1, -0.05) is 41.9 Å². The maximum atomic E-state index is 12.5. The largest absolute Gasteiger partial charge is 0.454 e. The molecule has 0 atom stereocenters. The van der Waals surface area contributed by atoms with Gasteiger partial charge in [-0.3, -0.25) is 9.59 Å². The van der Waals surface area contributed by atoms with Crippen molar-refractivity contribution < 1.29 is 14.3 Å². The molecule has 1 fully saturated rings. The molecule has 0 radical (unpaired) electrons. The molecule has 0 saturated carbocycles. The fourth-order valence-corrected chi connectivity index (χ4v) is 3.41. The van der Waals surface area contributed by atoms with Crippen LogP contribution in [0.3, 0.4) is 0 Å². The third-order valence-corrected chi connectivity index (χ3v) is 4.99.